The van der Waals surface area contributed by atoms with E-state index in [4.69, 9.17) is 0 Å². The van der Waals surface area contributed by atoms with Crippen molar-refractivity contribution in [2.75, 3.05) is 7.11 Å². The van der Waals surface area contributed by atoms with E-state index in [0.717, 1.165) is 15.6 Å². The van der Waals surface area contributed by atoms with Crippen molar-refractivity contribution in [1.82, 2.24) is 0 Å². The Labute approximate surface area is 110 Å². The fraction of sp³-hybridized carbons (Fsp3) is 0.462. The van der Waals surface area contributed by atoms with Gasteiger partial charge in [0.15, 0.2) is 0 Å². The molecule has 0 spiro atoms. The number of carbonyl (C=O) groups is 1. The predicted molar refractivity (Wildman–Crippen MR) is 69.6 cm³/mol. The highest BCUT2D eigenvalue weighted by Crippen LogP contribution is 2.25. The number of aryl methyl sites for hydroxylation is 1. The van der Waals surface area contributed by atoms with Crippen LogP contribution in [0.25, 0.3) is 0 Å². The quantitative estimate of drug-likeness (QED) is 0.870. The summed E-state index contributed by atoms with van der Waals surface area (Å²) in [5, 5.41) is 10.0. The molecular weight excluding hydrogens is 284 g/mol. The van der Waals surface area contributed by atoms with Crippen LogP contribution >= 0.6 is 15.9 Å². The molecular formula is C13H17BrO3. The smallest absolute Gasteiger partial charge is 0.308 e. The lowest BCUT2D eigenvalue weighted by molar-refractivity contribution is -0.145. The van der Waals surface area contributed by atoms with E-state index in [0.29, 0.717) is 6.42 Å². The Kier molecular flexibility index (Phi) is 5.15. The molecule has 0 heterocycles. The van der Waals surface area contributed by atoms with E-state index in [1.54, 1.807) is 6.92 Å². The summed E-state index contributed by atoms with van der Waals surface area (Å²) in [5.41, 5.74) is 1.88. The zero-order valence-electron chi connectivity index (χ0n) is 10.2. The molecule has 94 valence electrons. The second-order valence-corrected chi connectivity index (χ2v) is 5.04. The molecule has 0 radical (unpaired) electrons. The molecule has 3 nitrogen and oxygen atoms in total. The summed E-state index contributed by atoms with van der Waals surface area (Å²) in [6.07, 6.45) is -0.274. The number of ether oxygens (including phenoxy) is 1. The van der Waals surface area contributed by atoms with Gasteiger partial charge in [0.05, 0.1) is 19.1 Å². The zero-order valence-corrected chi connectivity index (χ0v) is 11.8. The van der Waals surface area contributed by atoms with Crippen LogP contribution in [0, 0.1) is 12.8 Å². The van der Waals surface area contributed by atoms with Crippen molar-refractivity contribution < 1.29 is 14.6 Å². The number of aliphatic hydroxyl groups excluding tert-OH is 1. The van der Waals surface area contributed by atoms with Gasteiger partial charge in [-0.05, 0) is 30.5 Å². The molecule has 17 heavy (non-hydrogen) atoms. The summed E-state index contributed by atoms with van der Waals surface area (Å²) >= 11 is 3.41. The molecule has 1 aromatic rings. The van der Waals surface area contributed by atoms with Gasteiger partial charge in [-0.2, -0.15) is 0 Å². The van der Waals surface area contributed by atoms with E-state index in [1.165, 1.54) is 7.11 Å². The van der Waals surface area contributed by atoms with Gasteiger partial charge in [0, 0.05) is 4.47 Å². The molecule has 1 N–H and O–H groups in total. The van der Waals surface area contributed by atoms with Gasteiger partial charge < -0.3 is 9.84 Å². The number of hydrogen-bond donors (Lipinski definition) is 1. The number of hydrogen-bond acceptors (Lipinski definition) is 3. The number of aliphatic hydroxyl groups is 1. The molecule has 0 saturated carbocycles. The Hall–Kier alpha value is -0.870. The fourth-order valence-corrected chi connectivity index (χ4v) is 1.89. The van der Waals surface area contributed by atoms with E-state index >= 15 is 0 Å². The maximum atomic E-state index is 11.3. The third kappa shape index (κ3) is 3.82. The SMILES string of the molecule is COC(=O)C(C)CC(O)c1ccc(Br)c(C)c1. The Balaban J connectivity index is 2.72. The molecule has 1 aromatic carbocycles. The lowest BCUT2D eigenvalue weighted by atomic mass is 9.97. The third-order valence-corrected chi connectivity index (χ3v) is 3.64. The summed E-state index contributed by atoms with van der Waals surface area (Å²) in [6.45, 7) is 3.71. The standard InChI is InChI=1S/C13H17BrO3/c1-8-6-10(4-5-11(8)14)12(15)7-9(2)13(16)17-3/h4-6,9,12,15H,7H2,1-3H3. The highest BCUT2D eigenvalue weighted by atomic mass is 79.9. The fourth-order valence-electron chi connectivity index (χ4n) is 1.64. The minimum absolute atomic E-state index is 0.294. The molecule has 0 aliphatic heterocycles. The number of esters is 1. The molecule has 2 atom stereocenters. The predicted octanol–water partition coefficient (Wildman–Crippen LogP) is 2.99. The van der Waals surface area contributed by atoms with Crippen molar-refractivity contribution in [1.29, 1.82) is 0 Å². The van der Waals surface area contributed by atoms with E-state index < -0.39 is 6.10 Å². The lowest BCUT2D eigenvalue weighted by Crippen LogP contribution is -2.16. The van der Waals surface area contributed by atoms with E-state index in [9.17, 15) is 9.90 Å². The summed E-state index contributed by atoms with van der Waals surface area (Å²) in [6, 6.07) is 5.67. The molecule has 0 fully saturated rings. The summed E-state index contributed by atoms with van der Waals surface area (Å²) in [4.78, 5) is 11.3. The van der Waals surface area contributed by atoms with Crippen molar-refractivity contribution in [3.05, 3.63) is 33.8 Å². The summed E-state index contributed by atoms with van der Waals surface area (Å²) < 4.78 is 5.64. The highest BCUT2D eigenvalue weighted by Gasteiger charge is 2.19. The minimum atomic E-state index is -0.643. The van der Waals surface area contributed by atoms with Crippen LogP contribution in [0.2, 0.25) is 0 Å². The first-order valence-electron chi connectivity index (χ1n) is 5.47. The summed E-state index contributed by atoms with van der Waals surface area (Å²) in [5.74, 6) is -0.600. The monoisotopic (exact) mass is 300 g/mol. The highest BCUT2D eigenvalue weighted by molar-refractivity contribution is 9.10. The molecule has 2 unspecified atom stereocenters. The molecule has 0 aromatic heterocycles. The Morgan fingerprint density at radius 3 is 2.71 bits per heavy atom. The van der Waals surface area contributed by atoms with Crippen molar-refractivity contribution in [2.24, 2.45) is 5.92 Å². The van der Waals surface area contributed by atoms with Crippen LogP contribution in [0.1, 0.15) is 30.6 Å². The lowest BCUT2D eigenvalue weighted by Gasteiger charge is -2.15. The number of benzene rings is 1. The molecule has 1 rings (SSSR count). The van der Waals surface area contributed by atoms with Gasteiger partial charge in [0.2, 0.25) is 0 Å². The minimum Gasteiger partial charge on any atom is -0.469 e. The maximum absolute atomic E-state index is 11.3. The first-order valence-corrected chi connectivity index (χ1v) is 6.27. The van der Waals surface area contributed by atoms with Gasteiger partial charge in [-0.1, -0.05) is 35.0 Å². The molecule has 0 bridgehead atoms. The summed E-state index contributed by atoms with van der Waals surface area (Å²) in [7, 11) is 1.36. The first-order chi connectivity index (χ1) is 7.95. The Morgan fingerprint density at radius 2 is 2.18 bits per heavy atom. The van der Waals surface area contributed by atoms with Crippen LogP contribution in [0.5, 0.6) is 0 Å². The van der Waals surface area contributed by atoms with Gasteiger partial charge in [-0.15, -0.1) is 0 Å². The van der Waals surface area contributed by atoms with Crippen LogP contribution in [-0.2, 0) is 9.53 Å². The largest absolute Gasteiger partial charge is 0.469 e. The van der Waals surface area contributed by atoms with Crippen molar-refractivity contribution in [3.63, 3.8) is 0 Å². The second-order valence-electron chi connectivity index (χ2n) is 4.18. The number of methoxy groups -OCH3 is 1. The Bertz CT molecular complexity index is 404. The average Bonchev–Trinajstić information content (AvgIpc) is 2.31. The molecule has 0 aliphatic rings. The third-order valence-electron chi connectivity index (χ3n) is 2.75. The van der Waals surface area contributed by atoms with Crippen molar-refractivity contribution >= 4 is 21.9 Å². The van der Waals surface area contributed by atoms with Gasteiger partial charge in [0.1, 0.15) is 0 Å². The number of rotatable bonds is 4. The van der Waals surface area contributed by atoms with Crippen LogP contribution in [0.3, 0.4) is 0 Å². The molecule has 0 amide bonds. The zero-order chi connectivity index (χ0) is 13.0. The van der Waals surface area contributed by atoms with Crippen LogP contribution in [-0.4, -0.2) is 18.2 Å². The molecule has 0 aliphatic carbocycles. The number of halogens is 1. The number of carbonyl (C=O) groups excluding carboxylic acids is 1. The average molecular weight is 301 g/mol. The topological polar surface area (TPSA) is 46.5 Å². The van der Waals surface area contributed by atoms with Gasteiger partial charge >= 0.3 is 5.97 Å². The van der Waals surface area contributed by atoms with Crippen molar-refractivity contribution in [3.8, 4) is 0 Å². The normalized spacial score (nSPS) is 14.2. The molecule has 4 heteroatoms. The van der Waals surface area contributed by atoms with Crippen molar-refractivity contribution in [2.45, 2.75) is 26.4 Å². The molecule has 0 saturated heterocycles. The van der Waals surface area contributed by atoms with E-state index in [-0.39, 0.29) is 11.9 Å². The first kappa shape index (κ1) is 14.2. The van der Waals surface area contributed by atoms with Crippen LogP contribution in [0.15, 0.2) is 22.7 Å². The van der Waals surface area contributed by atoms with Gasteiger partial charge in [-0.25, -0.2) is 0 Å². The van der Waals surface area contributed by atoms with Crippen LogP contribution in [0.4, 0.5) is 0 Å². The van der Waals surface area contributed by atoms with Crippen LogP contribution < -0.4 is 0 Å². The maximum Gasteiger partial charge on any atom is 0.308 e. The van der Waals surface area contributed by atoms with E-state index in [2.05, 4.69) is 20.7 Å². The van der Waals surface area contributed by atoms with E-state index in [1.807, 2.05) is 25.1 Å². The second kappa shape index (κ2) is 6.17. The van der Waals surface area contributed by atoms with Gasteiger partial charge in [-0.3, -0.25) is 4.79 Å². The Morgan fingerprint density at radius 1 is 1.53 bits per heavy atom. The van der Waals surface area contributed by atoms with Gasteiger partial charge in [0.25, 0.3) is 0 Å².